The highest BCUT2D eigenvalue weighted by Crippen LogP contribution is 2.09. The SMILES string of the molecule is COCC(O)CCNCc1cnn(-c2ccc(F)cc2)c1. The van der Waals surface area contributed by atoms with Gasteiger partial charge in [-0.2, -0.15) is 5.10 Å². The predicted molar refractivity (Wildman–Crippen MR) is 77.7 cm³/mol. The van der Waals surface area contributed by atoms with Crippen LogP contribution in [0.15, 0.2) is 36.7 Å². The molecule has 21 heavy (non-hydrogen) atoms. The molecule has 0 bridgehead atoms. The number of aliphatic hydroxyl groups excluding tert-OH is 1. The van der Waals surface area contributed by atoms with Gasteiger partial charge in [0.2, 0.25) is 0 Å². The summed E-state index contributed by atoms with van der Waals surface area (Å²) in [4.78, 5) is 0. The molecule has 2 aromatic rings. The fourth-order valence-corrected chi connectivity index (χ4v) is 1.96. The highest BCUT2D eigenvalue weighted by molar-refractivity contribution is 5.31. The van der Waals surface area contributed by atoms with E-state index >= 15 is 0 Å². The smallest absolute Gasteiger partial charge is 0.123 e. The van der Waals surface area contributed by atoms with Gasteiger partial charge in [0.25, 0.3) is 0 Å². The van der Waals surface area contributed by atoms with Crippen molar-refractivity contribution in [3.05, 3.63) is 48.0 Å². The van der Waals surface area contributed by atoms with Crippen molar-refractivity contribution >= 4 is 0 Å². The van der Waals surface area contributed by atoms with Crippen LogP contribution in [-0.4, -0.2) is 41.3 Å². The summed E-state index contributed by atoms with van der Waals surface area (Å²) in [7, 11) is 1.57. The monoisotopic (exact) mass is 293 g/mol. The van der Waals surface area contributed by atoms with E-state index in [0.29, 0.717) is 26.1 Å². The fourth-order valence-electron chi connectivity index (χ4n) is 1.96. The molecule has 5 nitrogen and oxygen atoms in total. The third-order valence-corrected chi connectivity index (χ3v) is 3.07. The third kappa shape index (κ3) is 4.93. The number of nitrogens with one attached hydrogen (secondary N) is 1. The maximum Gasteiger partial charge on any atom is 0.123 e. The van der Waals surface area contributed by atoms with Crippen molar-refractivity contribution in [1.82, 2.24) is 15.1 Å². The number of aromatic nitrogens is 2. The lowest BCUT2D eigenvalue weighted by Gasteiger charge is -2.09. The first kappa shape index (κ1) is 15.6. The van der Waals surface area contributed by atoms with Gasteiger partial charge in [0.1, 0.15) is 5.82 Å². The summed E-state index contributed by atoms with van der Waals surface area (Å²) in [6.07, 6.45) is 3.86. The highest BCUT2D eigenvalue weighted by Gasteiger charge is 2.04. The van der Waals surface area contributed by atoms with Crippen LogP contribution in [0.1, 0.15) is 12.0 Å². The van der Waals surface area contributed by atoms with E-state index in [4.69, 9.17) is 4.74 Å². The van der Waals surface area contributed by atoms with Gasteiger partial charge in [-0.1, -0.05) is 0 Å². The molecule has 1 aromatic carbocycles. The largest absolute Gasteiger partial charge is 0.391 e. The average molecular weight is 293 g/mol. The van der Waals surface area contributed by atoms with Gasteiger partial charge < -0.3 is 15.2 Å². The summed E-state index contributed by atoms with van der Waals surface area (Å²) < 4.78 is 19.4. The second kappa shape index (κ2) is 7.87. The zero-order valence-corrected chi connectivity index (χ0v) is 12.0. The van der Waals surface area contributed by atoms with Crippen molar-refractivity contribution in [2.24, 2.45) is 0 Å². The zero-order valence-electron chi connectivity index (χ0n) is 12.0. The summed E-state index contributed by atoms with van der Waals surface area (Å²) in [5.74, 6) is -0.262. The molecular weight excluding hydrogens is 273 g/mol. The van der Waals surface area contributed by atoms with Crippen LogP contribution in [0.3, 0.4) is 0 Å². The molecule has 0 aliphatic heterocycles. The van der Waals surface area contributed by atoms with Gasteiger partial charge in [-0.25, -0.2) is 9.07 Å². The van der Waals surface area contributed by atoms with E-state index in [-0.39, 0.29) is 5.82 Å². The van der Waals surface area contributed by atoms with Crippen LogP contribution in [-0.2, 0) is 11.3 Å². The van der Waals surface area contributed by atoms with Crippen LogP contribution in [0, 0.1) is 5.82 Å². The van der Waals surface area contributed by atoms with Gasteiger partial charge in [0, 0.05) is 25.4 Å². The number of halogens is 1. The molecule has 0 amide bonds. The number of nitrogens with zero attached hydrogens (tertiary/aromatic N) is 2. The molecule has 1 unspecified atom stereocenters. The first-order valence-corrected chi connectivity index (χ1v) is 6.86. The third-order valence-electron chi connectivity index (χ3n) is 3.07. The topological polar surface area (TPSA) is 59.3 Å². The maximum absolute atomic E-state index is 12.9. The van der Waals surface area contributed by atoms with Crippen molar-refractivity contribution in [3.63, 3.8) is 0 Å². The first-order valence-electron chi connectivity index (χ1n) is 6.86. The molecule has 0 saturated carbocycles. The first-order chi connectivity index (χ1) is 10.2. The predicted octanol–water partition coefficient (Wildman–Crippen LogP) is 1.50. The van der Waals surface area contributed by atoms with Gasteiger partial charge in [0.05, 0.1) is 24.6 Å². The zero-order chi connectivity index (χ0) is 15.1. The van der Waals surface area contributed by atoms with Crippen LogP contribution >= 0.6 is 0 Å². The number of ether oxygens (including phenoxy) is 1. The lowest BCUT2D eigenvalue weighted by atomic mass is 10.2. The van der Waals surface area contributed by atoms with E-state index < -0.39 is 6.10 Å². The lowest BCUT2D eigenvalue weighted by molar-refractivity contribution is 0.0594. The van der Waals surface area contributed by atoms with Crippen LogP contribution in [0.5, 0.6) is 0 Å². The Morgan fingerprint density at radius 2 is 2.14 bits per heavy atom. The Morgan fingerprint density at radius 1 is 1.38 bits per heavy atom. The van der Waals surface area contributed by atoms with E-state index in [1.165, 1.54) is 12.1 Å². The van der Waals surface area contributed by atoms with E-state index in [9.17, 15) is 9.50 Å². The van der Waals surface area contributed by atoms with Crippen molar-refractivity contribution in [1.29, 1.82) is 0 Å². The highest BCUT2D eigenvalue weighted by atomic mass is 19.1. The molecule has 0 saturated heterocycles. The number of aliphatic hydroxyl groups is 1. The summed E-state index contributed by atoms with van der Waals surface area (Å²) >= 11 is 0. The summed E-state index contributed by atoms with van der Waals surface area (Å²) in [5, 5.41) is 17.0. The van der Waals surface area contributed by atoms with Crippen molar-refractivity contribution in [2.45, 2.75) is 19.1 Å². The van der Waals surface area contributed by atoms with Gasteiger partial charge in [-0.15, -0.1) is 0 Å². The molecule has 2 rings (SSSR count). The molecule has 1 heterocycles. The van der Waals surface area contributed by atoms with E-state index in [1.807, 2.05) is 6.20 Å². The van der Waals surface area contributed by atoms with Crippen LogP contribution in [0.25, 0.3) is 5.69 Å². The maximum atomic E-state index is 12.9. The second-order valence-corrected chi connectivity index (χ2v) is 4.84. The lowest BCUT2D eigenvalue weighted by Crippen LogP contribution is -2.22. The molecule has 0 fully saturated rings. The Kier molecular flexibility index (Phi) is 5.86. The summed E-state index contributed by atoms with van der Waals surface area (Å²) in [6.45, 7) is 1.72. The quantitative estimate of drug-likeness (QED) is 0.724. The molecular formula is C15H20FN3O2. The van der Waals surface area contributed by atoms with Crippen molar-refractivity contribution in [3.8, 4) is 5.69 Å². The van der Waals surface area contributed by atoms with Crippen LogP contribution in [0.4, 0.5) is 4.39 Å². The van der Waals surface area contributed by atoms with Crippen LogP contribution in [0.2, 0.25) is 0 Å². The van der Waals surface area contributed by atoms with Gasteiger partial charge >= 0.3 is 0 Å². The number of hydrogen-bond donors (Lipinski definition) is 2. The fraction of sp³-hybridized carbons (Fsp3) is 0.400. The van der Waals surface area contributed by atoms with E-state index in [1.54, 1.807) is 30.1 Å². The molecule has 2 N–H and O–H groups in total. The second-order valence-electron chi connectivity index (χ2n) is 4.84. The standard InChI is InChI=1S/C15H20FN3O2/c1-21-11-15(20)6-7-17-8-12-9-18-19(10-12)14-4-2-13(16)3-5-14/h2-5,9-10,15,17,20H,6-8,11H2,1H3. The minimum atomic E-state index is -0.440. The minimum Gasteiger partial charge on any atom is -0.391 e. The minimum absolute atomic E-state index is 0.262. The Labute approximate surface area is 123 Å². The van der Waals surface area contributed by atoms with Gasteiger partial charge in [-0.3, -0.25) is 0 Å². The molecule has 6 heteroatoms. The number of rotatable bonds is 8. The average Bonchev–Trinajstić information content (AvgIpc) is 2.93. The Hall–Kier alpha value is -1.76. The number of benzene rings is 1. The molecule has 0 spiro atoms. The van der Waals surface area contributed by atoms with E-state index in [0.717, 1.165) is 11.3 Å². The van der Waals surface area contributed by atoms with Crippen LogP contribution < -0.4 is 5.32 Å². The van der Waals surface area contributed by atoms with Gasteiger partial charge in [0.15, 0.2) is 0 Å². The number of hydrogen-bond acceptors (Lipinski definition) is 4. The summed E-state index contributed by atoms with van der Waals surface area (Å²) in [5.41, 5.74) is 1.85. The molecule has 0 aliphatic carbocycles. The molecule has 0 aliphatic rings. The Bertz CT molecular complexity index is 542. The molecule has 1 aromatic heterocycles. The van der Waals surface area contributed by atoms with Gasteiger partial charge in [-0.05, 0) is 37.2 Å². The molecule has 114 valence electrons. The van der Waals surface area contributed by atoms with Crippen molar-refractivity contribution < 1.29 is 14.2 Å². The van der Waals surface area contributed by atoms with Crippen molar-refractivity contribution in [2.75, 3.05) is 20.3 Å². The Morgan fingerprint density at radius 3 is 2.86 bits per heavy atom. The Balaban J connectivity index is 1.79. The molecule has 1 atom stereocenters. The normalized spacial score (nSPS) is 12.5. The summed E-state index contributed by atoms with van der Waals surface area (Å²) in [6, 6.07) is 6.18. The molecule has 0 radical (unpaired) electrons. The van der Waals surface area contributed by atoms with E-state index in [2.05, 4.69) is 10.4 Å². The number of methoxy groups -OCH3 is 1.